The number of benzene rings is 4. The van der Waals surface area contributed by atoms with Crippen LogP contribution in [0.3, 0.4) is 0 Å². The first-order chi connectivity index (χ1) is 17.1. The van der Waals surface area contributed by atoms with Crippen LogP contribution in [0.4, 0.5) is 8.78 Å². The molecule has 4 rings (SSSR count). The van der Waals surface area contributed by atoms with Crippen LogP contribution in [0.25, 0.3) is 10.8 Å². The number of rotatable bonds is 10. The molecule has 0 aliphatic carbocycles. The van der Waals surface area contributed by atoms with Gasteiger partial charge in [0.25, 0.3) is 0 Å². The molecule has 178 valence electrons. The first-order valence-electron chi connectivity index (χ1n) is 12.0. The molecule has 4 heteroatoms. The van der Waals surface area contributed by atoms with Gasteiger partial charge in [0.1, 0.15) is 11.6 Å². The summed E-state index contributed by atoms with van der Waals surface area (Å²) in [6.45, 7) is 0.671. The maximum atomic E-state index is 15.2. The number of fused-ring (bicyclic) bond motifs is 1. The highest BCUT2D eigenvalue weighted by Crippen LogP contribution is 2.25. The fraction of sp³-hybridized carbons (Fsp3) is 0.258. The van der Waals surface area contributed by atoms with E-state index < -0.39 is 0 Å². The highest BCUT2D eigenvalue weighted by Gasteiger charge is 2.10. The SMILES string of the molecule is COCCCc1ccc(CCc2ccc3c(F)c(CCc4ccc(C#N)cc4)ccc3c2)c(F)c1. The Balaban J connectivity index is 1.40. The molecule has 0 heterocycles. The third-order valence-corrected chi connectivity index (χ3v) is 6.48. The number of hydrogen-bond acceptors (Lipinski definition) is 2. The van der Waals surface area contributed by atoms with Crippen molar-refractivity contribution in [2.24, 2.45) is 0 Å². The average Bonchev–Trinajstić information content (AvgIpc) is 2.88. The van der Waals surface area contributed by atoms with Gasteiger partial charge in [0.15, 0.2) is 0 Å². The fourth-order valence-electron chi connectivity index (χ4n) is 4.41. The second-order valence-corrected chi connectivity index (χ2v) is 8.92. The molecular formula is C31H29F2NO. The quantitative estimate of drug-likeness (QED) is 0.231. The summed E-state index contributed by atoms with van der Waals surface area (Å²) in [6.07, 6.45) is 4.27. The van der Waals surface area contributed by atoms with Gasteiger partial charge in [0.2, 0.25) is 0 Å². The van der Waals surface area contributed by atoms with Crippen LogP contribution >= 0.6 is 0 Å². The molecule has 0 aliphatic heterocycles. The first-order valence-corrected chi connectivity index (χ1v) is 12.0. The molecule has 0 amide bonds. The van der Waals surface area contributed by atoms with E-state index in [1.165, 1.54) is 0 Å². The molecule has 0 spiro atoms. The second-order valence-electron chi connectivity index (χ2n) is 8.92. The van der Waals surface area contributed by atoms with Crippen LogP contribution in [0.1, 0.15) is 39.8 Å². The molecule has 4 aromatic rings. The van der Waals surface area contributed by atoms with Crippen LogP contribution in [0, 0.1) is 23.0 Å². The lowest BCUT2D eigenvalue weighted by atomic mass is 9.96. The van der Waals surface area contributed by atoms with E-state index in [1.54, 1.807) is 25.3 Å². The zero-order chi connectivity index (χ0) is 24.6. The lowest BCUT2D eigenvalue weighted by molar-refractivity contribution is 0.195. The maximum absolute atomic E-state index is 15.2. The molecule has 0 bridgehead atoms. The lowest BCUT2D eigenvalue weighted by Crippen LogP contribution is -1.99. The Morgan fingerprint density at radius 1 is 0.714 bits per heavy atom. The van der Waals surface area contributed by atoms with Crippen molar-refractivity contribution in [3.05, 3.63) is 118 Å². The molecule has 4 aromatic carbocycles. The van der Waals surface area contributed by atoms with Gasteiger partial charge >= 0.3 is 0 Å². The summed E-state index contributed by atoms with van der Waals surface area (Å²) in [6, 6.07) is 24.6. The normalized spacial score (nSPS) is 11.0. The molecule has 0 N–H and O–H groups in total. The monoisotopic (exact) mass is 469 g/mol. The average molecular weight is 470 g/mol. The molecule has 0 saturated carbocycles. The largest absolute Gasteiger partial charge is 0.385 e. The molecule has 0 aliphatic rings. The summed E-state index contributed by atoms with van der Waals surface area (Å²) >= 11 is 0. The van der Waals surface area contributed by atoms with Gasteiger partial charge in [-0.15, -0.1) is 0 Å². The van der Waals surface area contributed by atoms with E-state index in [9.17, 15) is 4.39 Å². The highest BCUT2D eigenvalue weighted by molar-refractivity contribution is 5.84. The summed E-state index contributed by atoms with van der Waals surface area (Å²) in [4.78, 5) is 0. The van der Waals surface area contributed by atoms with Crippen LogP contribution in [0.2, 0.25) is 0 Å². The van der Waals surface area contributed by atoms with Crippen LogP contribution in [-0.2, 0) is 36.8 Å². The molecule has 0 saturated heterocycles. The van der Waals surface area contributed by atoms with Crippen LogP contribution in [0.15, 0.2) is 72.8 Å². The van der Waals surface area contributed by atoms with Gasteiger partial charge in [0.05, 0.1) is 11.6 Å². The highest BCUT2D eigenvalue weighted by atomic mass is 19.1. The molecule has 0 fully saturated rings. The van der Waals surface area contributed by atoms with E-state index in [-0.39, 0.29) is 11.6 Å². The second kappa shape index (κ2) is 11.7. The zero-order valence-electron chi connectivity index (χ0n) is 20.0. The Kier molecular flexibility index (Phi) is 8.23. The Labute approximate surface area is 205 Å². The smallest absolute Gasteiger partial charge is 0.134 e. The number of ether oxygens (including phenoxy) is 1. The van der Waals surface area contributed by atoms with Crippen LogP contribution < -0.4 is 0 Å². The molecule has 2 nitrogen and oxygen atoms in total. The van der Waals surface area contributed by atoms with Crippen molar-refractivity contribution in [2.45, 2.75) is 38.5 Å². The fourth-order valence-corrected chi connectivity index (χ4v) is 4.41. The van der Waals surface area contributed by atoms with Gasteiger partial charge in [-0.05, 0) is 89.9 Å². The van der Waals surface area contributed by atoms with Gasteiger partial charge in [-0.3, -0.25) is 0 Å². The molecule has 0 unspecified atom stereocenters. The summed E-state index contributed by atoms with van der Waals surface area (Å²) in [7, 11) is 1.67. The van der Waals surface area contributed by atoms with Gasteiger partial charge in [-0.2, -0.15) is 5.26 Å². The van der Waals surface area contributed by atoms with Crippen molar-refractivity contribution in [3.8, 4) is 6.07 Å². The number of methoxy groups -OCH3 is 1. The molecule has 0 aromatic heterocycles. The van der Waals surface area contributed by atoms with Crippen molar-refractivity contribution in [1.82, 2.24) is 0 Å². The van der Waals surface area contributed by atoms with Gasteiger partial charge in [0, 0.05) is 19.1 Å². The minimum Gasteiger partial charge on any atom is -0.385 e. The van der Waals surface area contributed by atoms with Crippen molar-refractivity contribution in [3.63, 3.8) is 0 Å². The Hall–Kier alpha value is -3.55. The van der Waals surface area contributed by atoms with Crippen molar-refractivity contribution in [1.29, 1.82) is 5.26 Å². The molecular weight excluding hydrogens is 440 g/mol. The van der Waals surface area contributed by atoms with Gasteiger partial charge in [-0.25, -0.2) is 8.78 Å². The standard InChI is InChI=1S/C31H29F2NO/c1-35-18-2-3-23-9-12-26(30(32)20-23)13-10-24-11-17-29-28(19-24)16-15-27(31(29)33)14-8-22-4-6-25(21-34)7-5-22/h4-7,9,11-12,15-17,19-20H,2-3,8,10,13-14,18H2,1H3. The number of nitrogens with zero attached hydrogens (tertiary/aromatic N) is 1. The zero-order valence-corrected chi connectivity index (χ0v) is 20.0. The van der Waals surface area contributed by atoms with E-state index in [4.69, 9.17) is 10.00 Å². The van der Waals surface area contributed by atoms with Gasteiger partial charge in [-0.1, -0.05) is 54.6 Å². The van der Waals surface area contributed by atoms with E-state index >= 15 is 4.39 Å². The van der Waals surface area contributed by atoms with E-state index in [0.29, 0.717) is 54.4 Å². The van der Waals surface area contributed by atoms with Crippen LogP contribution in [-0.4, -0.2) is 13.7 Å². The van der Waals surface area contributed by atoms with Crippen molar-refractivity contribution in [2.75, 3.05) is 13.7 Å². The predicted octanol–water partition coefficient (Wildman–Crippen LogP) is 7.14. The predicted molar refractivity (Wildman–Crippen MR) is 136 cm³/mol. The minimum atomic E-state index is -0.183. The molecule has 35 heavy (non-hydrogen) atoms. The summed E-state index contributed by atoms with van der Waals surface area (Å²) < 4.78 is 34.8. The van der Waals surface area contributed by atoms with Gasteiger partial charge < -0.3 is 4.74 Å². The minimum absolute atomic E-state index is 0.168. The van der Waals surface area contributed by atoms with Crippen LogP contribution in [0.5, 0.6) is 0 Å². The number of aryl methyl sites for hydroxylation is 5. The molecule has 0 radical (unpaired) electrons. The summed E-state index contributed by atoms with van der Waals surface area (Å²) in [5, 5.41) is 10.4. The first kappa shape index (κ1) is 24.6. The lowest BCUT2D eigenvalue weighted by Gasteiger charge is -2.10. The number of nitriles is 1. The number of halogens is 2. The third-order valence-electron chi connectivity index (χ3n) is 6.48. The maximum Gasteiger partial charge on any atom is 0.134 e. The van der Waals surface area contributed by atoms with E-state index in [2.05, 4.69) is 6.07 Å². The van der Waals surface area contributed by atoms with Crippen molar-refractivity contribution >= 4 is 10.8 Å². The Morgan fingerprint density at radius 3 is 2.11 bits per heavy atom. The summed E-state index contributed by atoms with van der Waals surface area (Å²) in [5.74, 6) is -0.351. The van der Waals surface area contributed by atoms with Crippen molar-refractivity contribution < 1.29 is 13.5 Å². The van der Waals surface area contributed by atoms with E-state index in [0.717, 1.165) is 34.9 Å². The third kappa shape index (κ3) is 6.32. The van der Waals surface area contributed by atoms with E-state index in [1.807, 2.05) is 54.6 Å². The summed E-state index contributed by atoms with van der Waals surface area (Å²) in [5.41, 5.74) is 5.13. The topological polar surface area (TPSA) is 33.0 Å². The number of hydrogen-bond donors (Lipinski definition) is 0. The Morgan fingerprint density at radius 2 is 1.37 bits per heavy atom. The Bertz CT molecular complexity index is 1340. The molecule has 0 atom stereocenters.